The smallest absolute Gasteiger partial charge is 0.251 e. The highest BCUT2D eigenvalue weighted by Gasteiger charge is 2.18. The number of hydrogen-bond donors (Lipinski definition) is 1. The Labute approximate surface area is 131 Å². The number of carbonyl (C=O) groups is 1. The number of nitrogens with zero attached hydrogens (tertiary/aromatic N) is 1. The number of carbonyl (C=O) groups excluding carboxylic acids is 1. The Bertz CT molecular complexity index is 607. The molecule has 1 aliphatic heterocycles. The summed E-state index contributed by atoms with van der Waals surface area (Å²) in [6.45, 7) is 3.38. The summed E-state index contributed by atoms with van der Waals surface area (Å²) in [5.41, 5.74) is 1.06. The van der Waals surface area contributed by atoms with Gasteiger partial charge in [-0.15, -0.1) is 0 Å². The third kappa shape index (κ3) is 4.20. The van der Waals surface area contributed by atoms with Crippen molar-refractivity contribution in [3.63, 3.8) is 0 Å². The lowest BCUT2D eigenvalue weighted by Gasteiger charge is -2.20. The molecule has 1 atom stereocenters. The summed E-state index contributed by atoms with van der Waals surface area (Å²) in [4.78, 5) is 12.1. The average Bonchev–Trinajstić information content (AvgIpc) is 2.98. The fourth-order valence-corrected chi connectivity index (χ4v) is 3.48. The van der Waals surface area contributed by atoms with Crippen LogP contribution in [0.15, 0.2) is 24.3 Å². The van der Waals surface area contributed by atoms with Gasteiger partial charge in [0.25, 0.3) is 5.91 Å². The zero-order valence-corrected chi connectivity index (χ0v) is 13.7. The maximum Gasteiger partial charge on any atom is 0.251 e. The van der Waals surface area contributed by atoms with Gasteiger partial charge in [-0.1, -0.05) is 0 Å². The lowest BCUT2D eigenvalue weighted by molar-refractivity contribution is 0.0858. The van der Waals surface area contributed by atoms with E-state index in [-0.39, 0.29) is 12.0 Å². The molecule has 0 aromatic heterocycles. The first-order valence-electron chi connectivity index (χ1n) is 7.39. The molecule has 0 spiro atoms. The predicted octanol–water partition coefficient (Wildman–Crippen LogP) is 1.38. The molecule has 1 aromatic rings. The molecular weight excluding hydrogens is 304 g/mol. The van der Waals surface area contributed by atoms with Crippen molar-refractivity contribution >= 4 is 21.6 Å². The van der Waals surface area contributed by atoms with Gasteiger partial charge in [-0.05, 0) is 44.0 Å². The van der Waals surface area contributed by atoms with E-state index in [1.165, 1.54) is 10.6 Å². The maximum absolute atomic E-state index is 12.1. The van der Waals surface area contributed by atoms with Crippen LogP contribution >= 0.6 is 0 Å². The highest BCUT2D eigenvalue weighted by Crippen LogP contribution is 2.18. The van der Waals surface area contributed by atoms with Crippen LogP contribution in [0.2, 0.25) is 0 Å². The lowest BCUT2D eigenvalue weighted by atomic mass is 10.2. The van der Waals surface area contributed by atoms with Crippen LogP contribution in [-0.2, 0) is 14.8 Å². The van der Waals surface area contributed by atoms with Crippen LogP contribution in [0, 0.1) is 0 Å². The second kappa shape index (κ2) is 7.11. The van der Waals surface area contributed by atoms with Crippen molar-refractivity contribution in [3.8, 4) is 0 Å². The van der Waals surface area contributed by atoms with Crippen LogP contribution < -0.4 is 9.62 Å². The van der Waals surface area contributed by atoms with Crippen molar-refractivity contribution < 1.29 is 17.9 Å². The van der Waals surface area contributed by atoms with Gasteiger partial charge in [0.15, 0.2) is 0 Å². The van der Waals surface area contributed by atoms with Gasteiger partial charge in [-0.3, -0.25) is 9.10 Å². The third-order valence-electron chi connectivity index (χ3n) is 3.62. The van der Waals surface area contributed by atoms with E-state index in [9.17, 15) is 13.2 Å². The molecule has 0 unspecified atom stereocenters. The number of ether oxygens (including phenoxy) is 1. The van der Waals surface area contributed by atoms with E-state index in [2.05, 4.69) is 5.32 Å². The molecule has 1 saturated heterocycles. The largest absolute Gasteiger partial charge is 0.376 e. The Kier molecular flexibility index (Phi) is 5.42. The van der Waals surface area contributed by atoms with Gasteiger partial charge in [0.2, 0.25) is 10.0 Å². The van der Waals surface area contributed by atoms with E-state index in [1.807, 2.05) is 0 Å². The SMILES string of the molecule is CCN(c1ccc(C(=O)NC[C@@H]2CCCO2)cc1)S(C)(=O)=O. The van der Waals surface area contributed by atoms with E-state index >= 15 is 0 Å². The molecule has 7 heteroatoms. The van der Waals surface area contributed by atoms with E-state index in [0.29, 0.717) is 24.3 Å². The summed E-state index contributed by atoms with van der Waals surface area (Å²) in [5.74, 6) is -0.176. The van der Waals surface area contributed by atoms with E-state index < -0.39 is 10.0 Å². The Balaban J connectivity index is 1.99. The van der Waals surface area contributed by atoms with Gasteiger partial charge >= 0.3 is 0 Å². The summed E-state index contributed by atoms with van der Waals surface area (Å²) < 4.78 is 30.1. The molecular formula is C15H22N2O4S. The van der Waals surface area contributed by atoms with Gasteiger partial charge in [0.05, 0.1) is 18.0 Å². The Hall–Kier alpha value is -1.60. The number of sulfonamides is 1. The molecule has 1 aromatic carbocycles. The van der Waals surface area contributed by atoms with Crippen molar-refractivity contribution in [2.45, 2.75) is 25.9 Å². The van der Waals surface area contributed by atoms with Gasteiger partial charge < -0.3 is 10.1 Å². The molecule has 1 N–H and O–H groups in total. The van der Waals surface area contributed by atoms with Crippen molar-refractivity contribution in [1.29, 1.82) is 0 Å². The van der Waals surface area contributed by atoms with Crippen LogP contribution in [-0.4, -0.2) is 46.4 Å². The number of benzene rings is 1. The standard InChI is InChI=1S/C15H22N2O4S/c1-3-17(22(2,19)20)13-8-6-12(7-9-13)15(18)16-11-14-5-4-10-21-14/h6-9,14H,3-5,10-11H2,1-2H3,(H,16,18)/t14-/m0/s1. The number of rotatable bonds is 6. The fraction of sp³-hybridized carbons (Fsp3) is 0.533. The number of hydrogen-bond acceptors (Lipinski definition) is 4. The van der Waals surface area contributed by atoms with E-state index in [0.717, 1.165) is 19.4 Å². The van der Waals surface area contributed by atoms with Gasteiger partial charge in [-0.25, -0.2) is 8.42 Å². The Morgan fingerprint density at radius 2 is 2.05 bits per heavy atom. The van der Waals surface area contributed by atoms with Crippen LogP contribution in [0.1, 0.15) is 30.1 Å². The fourth-order valence-electron chi connectivity index (χ4n) is 2.50. The molecule has 0 radical (unpaired) electrons. The minimum Gasteiger partial charge on any atom is -0.376 e. The van der Waals surface area contributed by atoms with E-state index in [1.54, 1.807) is 31.2 Å². The summed E-state index contributed by atoms with van der Waals surface area (Å²) in [6, 6.07) is 6.55. The van der Waals surface area contributed by atoms with Crippen molar-refractivity contribution in [2.75, 3.05) is 30.3 Å². The zero-order chi connectivity index (χ0) is 16.2. The summed E-state index contributed by atoms with van der Waals surface area (Å²) >= 11 is 0. The molecule has 1 amide bonds. The molecule has 0 bridgehead atoms. The number of amides is 1. The maximum atomic E-state index is 12.1. The monoisotopic (exact) mass is 326 g/mol. The zero-order valence-electron chi connectivity index (χ0n) is 12.9. The molecule has 122 valence electrons. The van der Waals surface area contributed by atoms with Crippen LogP contribution in [0.3, 0.4) is 0 Å². The number of nitrogens with one attached hydrogen (secondary N) is 1. The van der Waals surface area contributed by atoms with Crippen LogP contribution in [0.5, 0.6) is 0 Å². The molecule has 0 aliphatic carbocycles. The topological polar surface area (TPSA) is 75.7 Å². The van der Waals surface area contributed by atoms with Crippen molar-refractivity contribution in [2.24, 2.45) is 0 Å². The molecule has 1 heterocycles. The second-order valence-corrected chi connectivity index (χ2v) is 7.23. The van der Waals surface area contributed by atoms with Gasteiger partial charge in [0, 0.05) is 25.3 Å². The molecule has 1 aliphatic rings. The number of anilines is 1. The summed E-state index contributed by atoms with van der Waals surface area (Å²) in [6.07, 6.45) is 3.27. The normalized spacial score (nSPS) is 18.2. The first-order chi connectivity index (χ1) is 10.4. The first kappa shape index (κ1) is 16.8. The second-order valence-electron chi connectivity index (χ2n) is 5.32. The van der Waals surface area contributed by atoms with Crippen LogP contribution in [0.25, 0.3) is 0 Å². The molecule has 2 rings (SSSR count). The van der Waals surface area contributed by atoms with Gasteiger partial charge in [-0.2, -0.15) is 0 Å². The van der Waals surface area contributed by atoms with Crippen molar-refractivity contribution in [1.82, 2.24) is 5.32 Å². The van der Waals surface area contributed by atoms with Gasteiger partial charge in [0.1, 0.15) is 0 Å². The Morgan fingerprint density at radius 1 is 1.36 bits per heavy atom. The Morgan fingerprint density at radius 3 is 2.55 bits per heavy atom. The average molecular weight is 326 g/mol. The van der Waals surface area contributed by atoms with Crippen molar-refractivity contribution in [3.05, 3.63) is 29.8 Å². The molecule has 1 fully saturated rings. The molecule has 22 heavy (non-hydrogen) atoms. The van der Waals surface area contributed by atoms with Crippen LogP contribution in [0.4, 0.5) is 5.69 Å². The van der Waals surface area contributed by atoms with E-state index in [4.69, 9.17) is 4.74 Å². The highest BCUT2D eigenvalue weighted by molar-refractivity contribution is 7.92. The predicted molar refractivity (Wildman–Crippen MR) is 85.6 cm³/mol. The minimum atomic E-state index is -3.31. The highest BCUT2D eigenvalue weighted by atomic mass is 32.2. The quantitative estimate of drug-likeness (QED) is 0.857. The lowest BCUT2D eigenvalue weighted by Crippen LogP contribution is -2.32. The summed E-state index contributed by atoms with van der Waals surface area (Å²) in [5, 5.41) is 2.84. The minimum absolute atomic E-state index is 0.101. The summed E-state index contributed by atoms with van der Waals surface area (Å²) in [7, 11) is -3.31. The third-order valence-corrected chi connectivity index (χ3v) is 4.89. The first-order valence-corrected chi connectivity index (χ1v) is 9.24. The molecule has 0 saturated carbocycles. The molecule has 6 nitrogen and oxygen atoms in total.